The molecule has 152 valence electrons. The minimum absolute atomic E-state index is 0.0746. The number of allylic oxidation sites excluding steroid dienone is 2. The minimum atomic E-state index is -0.419. The predicted molar refractivity (Wildman–Crippen MR) is 105 cm³/mol. The molecule has 6 atom stereocenters. The summed E-state index contributed by atoms with van der Waals surface area (Å²) in [6.45, 7) is 12.7. The standard InChI is InChI=1S/C24H32O4/c1-11-7-9-13-15(11)17-19(25)22-18(20(26)21(17)27-23(13,3)4)16-12(2)8-10-14(16)24(5,6)28-22/h11-16H,7-10H2,1-6H3/t11-,12-,13+,14+,15+,16+/m0/s1. The molecule has 0 saturated heterocycles. The quantitative estimate of drug-likeness (QED) is 0.573. The predicted octanol–water partition coefficient (Wildman–Crippen LogP) is 4.59. The van der Waals surface area contributed by atoms with Gasteiger partial charge in [0.25, 0.3) is 0 Å². The van der Waals surface area contributed by atoms with Gasteiger partial charge in [0.1, 0.15) is 11.2 Å². The lowest BCUT2D eigenvalue weighted by Crippen LogP contribution is -2.51. The maximum absolute atomic E-state index is 13.7. The van der Waals surface area contributed by atoms with Crippen LogP contribution in [0.15, 0.2) is 22.7 Å². The van der Waals surface area contributed by atoms with Gasteiger partial charge >= 0.3 is 0 Å². The van der Waals surface area contributed by atoms with E-state index in [4.69, 9.17) is 9.47 Å². The van der Waals surface area contributed by atoms with Gasteiger partial charge in [-0.15, -0.1) is 0 Å². The molecule has 5 aliphatic rings. The maximum Gasteiger partial charge on any atom is 0.228 e. The van der Waals surface area contributed by atoms with Gasteiger partial charge in [0.05, 0.1) is 11.1 Å². The lowest BCUT2D eigenvalue weighted by Gasteiger charge is -2.49. The first kappa shape index (κ1) is 18.4. The number of rotatable bonds is 0. The van der Waals surface area contributed by atoms with Crippen LogP contribution in [0.25, 0.3) is 0 Å². The average molecular weight is 385 g/mol. The first-order valence-electron chi connectivity index (χ1n) is 11.0. The van der Waals surface area contributed by atoms with Crippen LogP contribution in [-0.4, -0.2) is 22.8 Å². The zero-order chi connectivity index (χ0) is 20.2. The van der Waals surface area contributed by atoms with E-state index in [2.05, 4.69) is 41.5 Å². The molecule has 0 aromatic heterocycles. The van der Waals surface area contributed by atoms with Crippen LogP contribution in [0.1, 0.15) is 67.2 Å². The molecule has 2 aliphatic heterocycles. The number of hydrogen-bond donors (Lipinski definition) is 0. The molecule has 5 rings (SSSR count). The Balaban J connectivity index is 1.67. The highest BCUT2D eigenvalue weighted by Crippen LogP contribution is 2.58. The van der Waals surface area contributed by atoms with Gasteiger partial charge in [-0.1, -0.05) is 13.8 Å². The van der Waals surface area contributed by atoms with E-state index in [1.165, 1.54) is 0 Å². The third kappa shape index (κ3) is 2.18. The van der Waals surface area contributed by atoms with Gasteiger partial charge in [0, 0.05) is 23.7 Å². The van der Waals surface area contributed by atoms with Gasteiger partial charge in [0.2, 0.25) is 11.6 Å². The molecule has 4 heteroatoms. The summed E-state index contributed by atoms with van der Waals surface area (Å²) in [5.41, 5.74) is 0.381. The van der Waals surface area contributed by atoms with Crippen molar-refractivity contribution in [2.75, 3.05) is 0 Å². The minimum Gasteiger partial charge on any atom is -0.483 e. The van der Waals surface area contributed by atoms with Crippen LogP contribution in [-0.2, 0) is 19.1 Å². The Bertz CT molecular complexity index is 773. The van der Waals surface area contributed by atoms with Crippen LogP contribution in [0, 0.1) is 35.5 Å². The number of Topliss-reactive ketones (excluding diaryl/α,β-unsaturated/α-hetero) is 2. The zero-order valence-electron chi connectivity index (χ0n) is 17.9. The third-order valence-electron chi connectivity index (χ3n) is 8.53. The van der Waals surface area contributed by atoms with E-state index >= 15 is 0 Å². The normalized spacial score (nSPS) is 43.1. The Morgan fingerprint density at radius 2 is 1.04 bits per heavy atom. The molecule has 0 unspecified atom stereocenters. The second kappa shape index (κ2) is 5.52. The third-order valence-corrected chi connectivity index (χ3v) is 8.53. The molecule has 2 fully saturated rings. The first-order chi connectivity index (χ1) is 13.0. The molecule has 0 spiro atoms. The lowest BCUT2D eigenvalue weighted by atomic mass is 9.66. The Labute approximate surface area is 167 Å². The van der Waals surface area contributed by atoms with E-state index in [-0.39, 0.29) is 35.2 Å². The highest BCUT2D eigenvalue weighted by molar-refractivity contribution is 6.24. The van der Waals surface area contributed by atoms with Crippen molar-refractivity contribution < 1.29 is 19.1 Å². The summed E-state index contributed by atoms with van der Waals surface area (Å²) in [7, 11) is 0. The summed E-state index contributed by atoms with van der Waals surface area (Å²) in [6.07, 6.45) is 4.22. The van der Waals surface area contributed by atoms with Crippen molar-refractivity contribution in [2.24, 2.45) is 35.5 Å². The molecule has 0 amide bonds. The van der Waals surface area contributed by atoms with E-state index in [0.29, 0.717) is 34.5 Å². The van der Waals surface area contributed by atoms with E-state index in [1.807, 2.05) is 0 Å². The van der Waals surface area contributed by atoms with Crippen molar-refractivity contribution in [3.8, 4) is 0 Å². The Morgan fingerprint density at radius 3 is 1.39 bits per heavy atom. The molecule has 28 heavy (non-hydrogen) atoms. The molecule has 0 N–H and O–H groups in total. The van der Waals surface area contributed by atoms with Crippen molar-refractivity contribution in [2.45, 2.75) is 78.4 Å². The van der Waals surface area contributed by atoms with Crippen LogP contribution >= 0.6 is 0 Å². The second-order valence-corrected chi connectivity index (χ2v) is 10.9. The number of ether oxygens (including phenoxy) is 2. The monoisotopic (exact) mass is 384 g/mol. The Morgan fingerprint density at radius 1 is 0.679 bits per heavy atom. The summed E-state index contributed by atoms with van der Waals surface area (Å²) >= 11 is 0. The average Bonchev–Trinajstić information content (AvgIpc) is 3.17. The van der Waals surface area contributed by atoms with E-state index in [0.717, 1.165) is 25.7 Å². The fourth-order valence-corrected chi connectivity index (χ4v) is 7.11. The van der Waals surface area contributed by atoms with Crippen molar-refractivity contribution in [1.29, 1.82) is 0 Å². The zero-order valence-corrected chi connectivity index (χ0v) is 17.9. The molecule has 0 aromatic rings. The SMILES string of the molecule is C[C@H]1CC[C@@H]2[C@@H]1C1=C(OC2(C)C)C(=O)C2=C(OC(C)(C)[C@@H]3CC[C@H](C)[C@@H]23)C1=O. The largest absolute Gasteiger partial charge is 0.483 e. The number of carbonyl (C=O) groups excluding carboxylic acids is 2. The van der Waals surface area contributed by atoms with Gasteiger partial charge in [-0.05, 0) is 65.2 Å². The highest BCUT2D eigenvalue weighted by atomic mass is 16.5. The summed E-state index contributed by atoms with van der Waals surface area (Å²) < 4.78 is 12.7. The molecular formula is C24H32O4. The van der Waals surface area contributed by atoms with Crippen LogP contribution < -0.4 is 0 Å². The molecular weight excluding hydrogens is 352 g/mol. The first-order valence-corrected chi connectivity index (χ1v) is 11.0. The summed E-state index contributed by atoms with van der Waals surface area (Å²) in [5.74, 6) is 2.02. The van der Waals surface area contributed by atoms with Crippen LogP contribution in [0.3, 0.4) is 0 Å². The molecule has 4 nitrogen and oxygen atoms in total. The number of fused-ring (bicyclic) bond motifs is 4. The number of carbonyl (C=O) groups is 2. The van der Waals surface area contributed by atoms with Gasteiger partial charge in [-0.3, -0.25) is 9.59 Å². The Kier molecular flexibility index (Phi) is 3.63. The fourth-order valence-electron chi connectivity index (χ4n) is 7.11. The van der Waals surface area contributed by atoms with Gasteiger partial charge < -0.3 is 9.47 Å². The van der Waals surface area contributed by atoms with Crippen LogP contribution in [0.4, 0.5) is 0 Å². The van der Waals surface area contributed by atoms with Crippen LogP contribution in [0.2, 0.25) is 0 Å². The molecule has 3 aliphatic carbocycles. The van der Waals surface area contributed by atoms with Gasteiger partial charge in [0.15, 0.2) is 11.5 Å². The van der Waals surface area contributed by atoms with Gasteiger partial charge in [-0.2, -0.15) is 0 Å². The van der Waals surface area contributed by atoms with Crippen molar-refractivity contribution >= 4 is 11.6 Å². The maximum atomic E-state index is 13.7. The lowest BCUT2D eigenvalue weighted by molar-refractivity contribution is -0.138. The molecule has 2 saturated carbocycles. The summed E-state index contributed by atoms with van der Waals surface area (Å²) in [4.78, 5) is 27.5. The van der Waals surface area contributed by atoms with Crippen molar-refractivity contribution in [1.82, 2.24) is 0 Å². The molecule has 0 radical (unpaired) electrons. The van der Waals surface area contributed by atoms with Crippen LogP contribution in [0.5, 0.6) is 0 Å². The highest BCUT2D eigenvalue weighted by Gasteiger charge is 2.60. The van der Waals surface area contributed by atoms with Gasteiger partial charge in [-0.25, -0.2) is 0 Å². The van der Waals surface area contributed by atoms with E-state index in [1.54, 1.807) is 0 Å². The van der Waals surface area contributed by atoms with E-state index in [9.17, 15) is 9.59 Å². The van der Waals surface area contributed by atoms with Crippen molar-refractivity contribution in [3.63, 3.8) is 0 Å². The number of ketones is 2. The molecule has 0 aromatic carbocycles. The molecule has 2 heterocycles. The summed E-state index contributed by atoms with van der Waals surface area (Å²) in [5, 5.41) is 0. The van der Waals surface area contributed by atoms with E-state index < -0.39 is 11.2 Å². The summed E-state index contributed by atoms with van der Waals surface area (Å²) in [6, 6.07) is 0. The smallest absolute Gasteiger partial charge is 0.228 e. The van der Waals surface area contributed by atoms with Crippen molar-refractivity contribution in [3.05, 3.63) is 22.7 Å². The fraction of sp³-hybridized carbons (Fsp3) is 0.750. The number of hydrogen-bond acceptors (Lipinski definition) is 4. The Hall–Kier alpha value is -1.58. The second-order valence-electron chi connectivity index (χ2n) is 10.9. The topological polar surface area (TPSA) is 52.6 Å². The molecule has 0 bridgehead atoms.